The predicted octanol–water partition coefficient (Wildman–Crippen LogP) is 2.62. The summed E-state index contributed by atoms with van der Waals surface area (Å²) in [5.41, 5.74) is 0.354. The van der Waals surface area contributed by atoms with Crippen molar-refractivity contribution in [2.75, 3.05) is 19.6 Å². The zero-order valence-electron chi connectivity index (χ0n) is 16.6. The highest BCUT2D eigenvalue weighted by atomic mass is 79.9. The number of likely N-dealkylation sites (tertiary alicyclic amines) is 1. The van der Waals surface area contributed by atoms with Crippen LogP contribution in [0.1, 0.15) is 39.2 Å². The van der Waals surface area contributed by atoms with Crippen molar-refractivity contribution >= 4 is 33.8 Å². The molecule has 0 atom stereocenters. The molecule has 1 aromatic rings. The largest absolute Gasteiger partial charge is 0.444 e. The van der Waals surface area contributed by atoms with Gasteiger partial charge in [-0.15, -0.1) is 0 Å². The maximum Gasteiger partial charge on any atom is 0.408 e. The van der Waals surface area contributed by atoms with Crippen molar-refractivity contribution in [1.29, 1.82) is 0 Å². The Labute approximate surface area is 174 Å². The first-order valence-electron chi connectivity index (χ1n) is 9.41. The number of benzene rings is 1. The molecule has 0 unspecified atom stereocenters. The molecule has 1 saturated heterocycles. The number of carbonyl (C=O) groups excluding carboxylic acids is 3. The van der Waals surface area contributed by atoms with E-state index >= 15 is 0 Å². The van der Waals surface area contributed by atoms with Gasteiger partial charge in [-0.25, -0.2) is 4.79 Å². The lowest BCUT2D eigenvalue weighted by molar-refractivity contribution is -0.131. The van der Waals surface area contributed by atoms with Gasteiger partial charge in [-0.2, -0.15) is 0 Å². The zero-order valence-corrected chi connectivity index (χ0v) is 18.2. The minimum atomic E-state index is -0.601. The van der Waals surface area contributed by atoms with Gasteiger partial charge in [0, 0.05) is 23.6 Å². The maximum atomic E-state index is 12.2. The van der Waals surface area contributed by atoms with Crippen molar-refractivity contribution in [3.63, 3.8) is 0 Å². The molecule has 1 aliphatic rings. The Kier molecular flexibility index (Phi) is 7.86. The van der Waals surface area contributed by atoms with Gasteiger partial charge in [-0.3, -0.25) is 9.59 Å². The van der Waals surface area contributed by atoms with Crippen LogP contribution in [0.2, 0.25) is 0 Å². The third-order valence-electron chi connectivity index (χ3n) is 4.25. The molecule has 0 aromatic heterocycles. The fraction of sp³-hybridized carbons (Fsp3) is 0.550. The Morgan fingerprint density at radius 2 is 1.89 bits per heavy atom. The first kappa shape index (κ1) is 22.2. The van der Waals surface area contributed by atoms with Gasteiger partial charge in [0.05, 0.1) is 6.42 Å². The molecule has 0 radical (unpaired) electrons. The number of halogens is 1. The molecule has 7 nitrogen and oxygen atoms in total. The van der Waals surface area contributed by atoms with Gasteiger partial charge >= 0.3 is 6.09 Å². The lowest BCUT2D eigenvalue weighted by atomic mass is 10.0. The van der Waals surface area contributed by atoms with Gasteiger partial charge in [0.15, 0.2) is 0 Å². The second-order valence-corrected chi connectivity index (χ2v) is 8.80. The van der Waals surface area contributed by atoms with Crippen LogP contribution in [0.5, 0.6) is 0 Å². The van der Waals surface area contributed by atoms with E-state index in [-0.39, 0.29) is 24.4 Å². The van der Waals surface area contributed by atoms with Crippen LogP contribution in [0, 0.1) is 0 Å². The highest BCUT2D eigenvalue weighted by Gasteiger charge is 2.24. The summed E-state index contributed by atoms with van der Waals surface area (Å²) >= 11 is 3.40. The Morgan fingerprint density at radius 1 is 1.21 bits per heavy atom. The van der Waals surface area contributed by atoms with Gasteiger partial charge in [-0.05, 0) is 51.3 Å². The molecule has 2 rings (SSSR count). The predicted molar refractivity (Wildman–Crippen MR) is 110 cm³/mol. The second kappa shape index (κ2) is 9.91. The summed E-state index contributed by atoms with van der Waals surface area (Å²) in [6.45, 7) is 6.32. The third-order valence-corrected chi connectivity index (χ3v) is 4.74. The molecule has 28 heavy (non-hydrogen) atoms. The van der Waals surface area contributed by atoms with Crippen LogP contribution in [0.3, 0.4) is 0 Å². The molecule has 0 saturated carbocycles. The summed E-state index contributed by atoms with van der Waals surface area (Å²) in [5.74, 6) is -0.167. The molecule has 0 spiro atoms. The molecule has 3 amide bonds. The van der Waals surface area contributed by atoms with E-state index < -0.39 is 11.7 Å². The summed E-state index contributed by atoms with van der Waals surface area (Å²) in [6, 6.07) is 7.73. The fourth-order valence-corrected chi connectivity index (χ4v) is 3.40. The lowest BCUT2D eigenvalue weighted by Gasteiger charge is -2.32. The van der Waals surface area contributed by atoms with Crippen LogP contribution in [0.25, 0.3) is 0 Å². The lowest BCUT2D eigenvalue weighted by Crippen LogP contribution is -2.49. The number of amides is 3. The van der Waals surface area contributed by atoms with E-state index in [0.717, 1.165) is 10.0 Å². The topological polar surface area (TPSA) is 87.7 Å². The van der Waals surface area contributed by atoms with Crippen molar-refractivity contribution in [3.8, 4) is 0 Å². The molecule has 2 N–H and O–H groups in total. The highest BCUT2D eigenvalue weighted by molar-refractivity contribution is 9.10. The fourth-order valence-electron chi connectivity index (χ4n) is 2.96. The molecule has 8 heteroatoms. The average molecular weight is 454 g/mol. The molecule has 154 valence electrons. The van der Waals surface area contributed by atoms with Crippen LogP contribution in [-0.2, 0) is 20.7 Å². The number of hydrogen-bond acceptors (Lipinski definition) is 4. The van der Waals surface area contributed by atoms with Crippen molar-refractivity contribution in [3.05, 3.63) is 34.3 Å². The van der Waals surface area contributed by atoms with Crippen molar-refractivity contribution in [2.24, 2.45) is 0 Å². The number of hydrogen-bond donors (Lipinski definition) is 2. The van der Waals surface area contributed by atoms with Crippen LogP contribution < -0.4 is 10.6 Å². The number of ether oxygens (including phenoxy) is 1. The monoisotopic (exact) mass is 453 g/mol. The van der Waals surface area contributed by atoms with E-state index in [2.05, 4.69) is 26.6 Å². The smallest absolute Gasteiger partial charge is 0.408 e. The number of alkyl carbamates (subject to hydrolysis) is 1. The number of nitrogens with one attached hydrogen (secondary N) is 2. The molecular weight excluding hydrogens is 426 g/mol. The zero-order chi connectivity index (χ0) is 20.7. The van der Waals surface area contributed by atoms with Gasteiger partial charge in [0.25, 0.3) is 0 Å². The second-order valence-electron chi connectivity index (χ2n) is 7.88. The highest BCUT2D eigenvalue weighted by Crippen LogP contribution is 2.14. The summed E-state index contributed by atoms with van der Waals surface area (Å²) in [5, 5.41) is 5.53. The number of rotatable bonds is 5. The van der Waals surface area contributed by atoms with Gasteiger partial charge in [-0.1, -0.05) is 28.1 Å². The normalized spacial score (nSPS) is 15.1. The number of carbonyl (C=O) groups is 3. The van der Waals surface area contributed by atoms with E-state index in [9.17, 15) is 14.4 Å². The summed E-state index contributed by atoms with van der Waals surface area (Å²) < 4.78 is 6.07. The van der Waals surface area contributed by atoms with Crippen LogP contribution in [-0.4, -0.2) is 54.1 Å². The first-order valence-corrected chi connectivity index (χ1v) is 10.2. The van der Waals surface area contributed by atoms with Crippen molar-refractivity contribution in [2.45, 2.75) is 51.7 Å². The van der Waals surface area contributed by atoms with Crippen LogP contribution >= 0.6 is 15.9 Å². The van der Waals surface area contributed by atoms with Gasteiger partial charge < -0.3 is 20.3 Å². The third kappa shape index (κ3) is 7.88. The molecule has 0 aliphatic carbocycles. The molecule has 1 aliphatic heterocycles. The van der Waals surface area contributed by atoms with Gasteiger partial charge in [0.2, 0.25) is 11.8 Å². The van der Waals surface area contributed by atoms with E-state index in [4.69, 9.17) is 4.74 Å². The first-order chi connectivity index (χ1) is 13.1. The SMILES string of the molecule is CC(C)(C)OC(=O)NCC(=O)N1CCC(NC(=O)Cc2cccc(Br)c2)CC1. The Hall–Kier alpha value is -2.09. The standard InChI is InChI=1S/C20H28BrN3O4/c1-20(2,3)28-19(27)22-13-18(26)24-9-7-16(8-10-24)23-17(25)12-14-5-4-6-15(21)11-14/h4-6,11,16H,7-10,12-13H2,1-3H3,(H,22,27)(H,23,25). The Bertz CT molecular complexity index is 710. The van der Waals surface area contributed by atoms with Crippen molar-refractivity contribution < 1.29 is 19.1 Å². The Morgan fingerprint density at radius 3 is 2.50 bits per heavy atom. The molecule has 1 fully saturated rings. The molecule has 0 bridgehead atoms. The molecule has 1 aromatic carbocycles. The number of piperidine rings is 1. The maximum absolute atomic E-state index is 12.2. The van der Waals surface area contributed by atoms with Crippen molar-refractivity contribution in [1.82, 2.24) is 15.5 Å². The van der Waals surface area contributed by atoms with E-state index in [1.54, 1.807) is 25.7 Å². The Balaban J connectivity index is 1.69. The molecular formula is C20H28BrN3O4. The number of nitrogens with zero attached hydrogens (tertiary/aromatic N) is 1. The van der Waals surface area contributed by atoms with Crippen LogP contribution in [0.4, 0.5) is 4.79 Å². The van der Waals surface area contributed by atoms with Gasteiger partial charge in [0.1, 0.15) is 12.1 Å². The summed E-state index contributed by atoms with van der Waals surface area (Å²) in [7, 11) is 0. The molecule has 1 heterocycles. The average Bonchev–Trinajstić information content (AvgIpc) is 2.59. The van der Waals surface area contributed by atoms with Crippen LogP contribution in [0.15, 0.2) is 28.7 Å². The minimum Gasteiger partial charge on any atom is -0.444 e. The van der Waals surface area contributed by atoms with E-state index in [0.29, 0.717) is 32.4 Å². The van der Waals surface area contributed by atoms with E-state index in [1.165, 1.54) is 0 Å². The van der Waals surface area contributed by atoms with E-state index in [1.807, 2.05) is 24.3 Å². The summed E-state index contributed by atoms with van der Waals surface area (Å²) in [4.78, 5) is 37.8. The minimum absolute atomic E-state index is 0.0190. The summed E-state index contributed by atoms with van der Waals surface area (Å²) in [6.07, 6.45) is 1.12. The quantitative estimate of drug-likeness (QED) is 0.716.